The molecule has 7 heavy (non-hydrogen) atoms. The van der Waals surface area contributed by atoms with E-state index >= 15 is 0 Å². The molecule has 0 aliphatic heterocycles. The average molecular weight is 97.2 g/mol. The predicted octanol–water partition coefficient (Wildman–Crippen LogP) is 2.57. The van der Waals surface area contributed by atoms with Crippen molar-refractivity contribution in [1.82, 2.24) is 0 Å². The smallest absolute Gasteiger partial charge is 0.0286 e. The summed E-state index contributed by atoms with van der Waals surface area (Å²) in [5, 5.41) is 0. The first-order valence-electron chi connectivity index (χ1n) is 2.76. The van der Waals surface area contributed by atoms with E-state index in [1.54, 1.807) is 0 Å². The summed E-state index contributed by atoms with van der Waals surface area (Å²) >= 11 is 0. The maximum Gasteiger partial charge on any atom is -0.0286 e. The van der Waals surface area contributed by atoms with Gasteiger partial charge in [-0.2, -0.15) is 0 Å². The van der Waals surface area contributed by atoms with Crippen LogP contribution in [-0.4, -0.2) is 0 Å². The van der Waals surface area contributed by atoms with Crippen LogP contribution in [0.4, 0.5) is 0 Å². The molecule has 0 aromatic heterocycles. The van der Waals surface area contributed by atoms with Gasteiger partial charge in [-0.25, -0.2) is 0 Å². The van der Waals surface area contributed by atoms with Crippen LogP contribution < -0.4 is 0 Å². The zero-order chi connectivity index (χ0) is 5.70. The molecule has 0 rings (SSSR count). The summed E-state index contributed by atoms with van der Waals surface area (Å²) in [5.41, 5.74) is 1.18. The summed E-state index contributed by atoms with van der Waals surface area (Å²) in [6.07, 6.45) is 4.56. The van der Waals surface area contributed by atoms with Crippen molar-refractivity contribution in [3.63, 3.8) is 0 Å². The molecule has 0 heterocycles. The lowest BCUT2D eigenvalue weighted by Crippen LogP contribution is -1.64. The molecule has 0 nitrogen and oxygen atoms in total. The SMILES string of the molecule is [CH2]/C(C)=C/CCC. The van der Waals surface area contributed by atoms with E-state index in [2.05, 4.69) is 19.9 Å². The third-order valence-electron chi connectivity index (χ3n) is 0.781. The lowest BCUT2D eigenvalue weighted by Gasteiger charge is -1.84. The molecule has 0 N–H and O–H groups in total. The van der Waals surface area contributed by atoms with Crippen LogP contribution in [0.1, 0.15) is 26.7 Å². The van der Waals surface area contributed by atoms with E-state index in [1.807, 2.05) is 6.92 Å². The van der Waals surface area contributed by atoms with Crippen molar-refractivity contribution in [2.75, 3.05) is 0 Å². The number of rotatable bonds is 2. The van der Waals surface area contributed by atoms with Gasteiger partial charge in [-0.05, 0) is 20.3 Å². The Labute approximate surface area is 46.2 Å². The highest BCUT2D eigenvalue weighted by Gasteiger charge is 1.73. The molecule has 1 radical (unpaired) electrons. The zero-order valence-electron chi connectivity index (χ0n) is 5.20. The van der Waals surface area contributed by atoms with Gasteiger partial charge in [0.05, 0.1) is 0 Å². The molecule has 0 amide bonds. The lowest BCUT2D eigenvalue weighted by atomic mass is 10.2. The molecule has 0 bridgehead atoms. The normalized spacial score (nSPS) is 12.1. The first-order valence-corrected chi connectivity index (χ1v) is 2.76. The molecule has 0 atom stereocenters. The second-order valence-corrected chi connectivity index (χ2v) is 1.84. The monoisotopic (exact) mass is 97.1 g/mol. The molecule has 0 aromatic rings. The first kappa shape index (κ1) is 6.74. The Balaban J connectivity index is 3.08. The quantitative estimate of drug-likeness (QED) is 0.496. The summed E-state index contributed by atoms with van der Waals surface area (Å²) in [5.74, 6) is 0. The first-order chi connectivity index (χ1) is 3.27. The Morgan fingerprint density at radius 3 is 2.43 bits per heavy atom. The standard InChI is InChI=1S/C7H13/c1-4-5-6-7(2)3/h6H,2,4-5H2,1,3H3/b7-6-. The fraction of sp³-hybridized carbons (Fsp3) is 0.571. The summed E-state index contributed by atoms with van der Waals surface area (Å²) in [6, 6.07) is 0. The fourth-order valence-electron chi connectivity index (χ4n) is 0.391. The Morgan fingerprint density at radius 2 is 2.29 bits per heavy atom. The fourth-order valence-corrected chi connectivity index (χ4v) is 0.391. The van der Waals surface area contributed by atoms with E-state index in [-0.39, 0.29) is 0 Å². The molecular weight excluding hydrogens is 84.1 g/mol. The predicted molar refractivity (Wildman–Crippen MR) is 34.0 cm³/mol. The molecule has 0 unspecified atom stereocenters. The molecule has 0 spiro atoms. The van der Waals surface area contributed by atoms with Gasteiger partial charge in [0.25, 0.3) is 0 Å². The van der Waals surface area contributed by atoms with Crippen LogP contribution >= 0.6 is 0 Å². The van der Waals surface area contributed by atoms with Gasteiger partial charge in [0.15, 0.2) is 0 Å². The summed E-state index contributed by atoms with van der Waals surface area (Å²) in [7, 11) is 0. The minimum atomic E-state index is 1.18. The van der Waals surface area contributed by atoms with Crippen molar-refractivity contribution in [2.24, 2.45) is 0 Å². The van der Waals surface area contributed by atoms with E-state index in [1.165, 1.54) is 18.4 Å². The largest absolute Gasteiger partial charge is 0.0856 e. The Bertz CT molecular complexity index is 56.4. The van der Waals surface area contributed by atoms with E-state index in [9.17, 15) is 0 Å². The second-order valence-electron chi connectivity index (χ2n) is 1.84. The molecule has 0 aromatic carbocycles. The zero-order valence-corrected chi connectivity index (χ0v) is 5.20. The highest BCUT2D eigenvalue weighted by Crippen LogP contribution is 1.93. The van der Waals surface area contributed by atoms with Crippen molar-refractivity contribution >= 4 is 0 Å². The molecule has 0 fully saturated rings. The summed E-state index contributed by atoms with van der Waals surface area (Å²) in [6.45, 7) is 7.93. The molecule has 0 saturated heterocycles. The van der Waals surface area contributed by atoms with Gasteiger partial charge in [0, 0.05) is 0 Å². The number of hydrogen-bond donors (Lipinski definition) is 0. The molecule has 0 aliphatic carbocycles. The summed E-state index contributed by atoms with van der Waals surface area (Å²) in [4.78, 5) is 0. The van der Waals surface area contributed by atoms with E-state index < -0.39 is 0 Å². The Kier molecular flexibility index (Phi) is 3.77. The van der Waals surface area contributed by atoms with Crippen LogP contribution in [0.2, 0.25) is 0 Å². The average Bonchev–Trinajstić information content (AvgIpc) is 1.61. The minimum absolute atomic E-state index is 1.18. The number of allylic oxidation sites excluding steroid dienone is 2. The maximum absolute atomic E-state index is 3.74. The van der Waals surface area contributed by atoms with Gasteiger partial charge in [-0.15, -0.1) is 0 Å². The van der Waals surface area contributed by atoms with Gasteiger partial charge in [-0.1, -0.05) is 25.0 Å². The van der Waals surface area contributed by atoms with Gasteiger partial charge in [0.2, 0.25) is 0 Å². The van der Waals surface area contributed by atoms with Crippen molar-refractivity contribution in [2.45, 2.75) is 26.7 Å². The van der Waals surface area contributed by atoms with Gasteiger partial charge >= 0.3 is 0 Å². The lowest BCUT2D eigenvalue weighted by molar-refractivity contribution is 0.952. The van der Waals surface area contributed by atoms with Gasteiger partial charge in [0.1, 0.15) is 0 Å². The van der Waals surface area contributed by atoms with Crippen LogP contribution in [-0.2, 0) is 0 Å². The minimum Gasteiger partial charge on any atom is -0.0856 e. The van der Waals surface area contributed by atoms with Crippen LogP contribution in [0.15, 0.2) is 11.6 Å². The van der Waals surface area contributed by atoms with E-state index in [0.29, 0.717) is 0 Å². The Hall–Kier alpha value is -0.260. The third-order valence-corrected chi connectivity index (χ3v) is 0.781. The van der Waals surface area contributed by atoms with Crippen LogP contribution in [0, 0.1) is 6.92 Å². The summed E-state index contributed by atoms with van der Waals surface area (Å²) < 4.78 is 0. The molecular formula is C7H13. The van der Waals surface area contributed by atoms with E-state index in [4.69, 9.17) is 0 Å². The number of hydrogen-bond acceptors (Lipinski definition) is 0. The molecule has 41 valence electrons. The Morgan fingerprint density at radius 1 is 1.71 bits per heavy atom. The van der Waals surface area contributed by atoms with Crippen LogP contribution in [0.25, 0.3) is 0 Å². The van der Waals surface area contributed by atoms with Gasteiger partial charge < -0.3 is 0 Å². The van der Waals surface area contributed by atoms with Gasteiger partial charge in [-0.3, -0.25) is 0 Å². The van der Waals surface area contributed by atoms with Crippen LogP contribution in [0.3, 0.4) is 0 Å². The van der Waals surface area contributed by atoms with E-state index in [0.717, 1.165) is 0 Å². The maximum atomic E-state index is 3.74. The van der Waals surface area contributed by atoms with Crippen LogP contribution in [0.5, 0.6) is 0 Å². The molecule has 0 saturated carbocycles. The van der Waals surface area contributed by atoms with Crippen molar-refractivity contribution in [3.05, 3.63) is 18.6 Å². The van der Waals surface area contributed by atoms with Crippen molar-refractivity contribution in [1.29, 1.82) is 0 Å². The second kappa shape index (κ2) is 3.91. The third kappa shape index (κ3) is 5.74. The van der Waals surface area contributed by atoms with Crippen molar-refractivity contribution < 1.29 is 0 Å². The molecule has 0 aliphatic rings. The highest BCUT2D eigenvalue weighted by molar-refractivity contribution is 5.00. The highest BCUT2D eigenvalue weighted by atomic mass is 13.8. The van der Waals surface area contributed by atoms with Crippen molar-refractivity contribution in [3.8, 4) is 0 Å². The number of unbranched alkanes of at least 4 members (excludes halogenated alkanes) is 1. The topological polar surface area (TPSA) is 0 Å². The molecule has 0 heteroatoms.